The normalized spacial score (nSPS) is 15.0. The van der Waals surface area contributed by atoms with E-state index in [0.29, 0.717) is 37.4 Å². The predicted octanol–water partition coefficient (Wildman–Crippen LogP) is 1.95. The van der Waals surface area contributed by atoms with Gasteiger partial charge in [0, 0.05) is 32.1 Å². The molecule has 25 heavy (non-hydrogen) atoms. The van der Waals surface area contributed by atoms with Crippen LogP contribution in [0.15, 0.2) is 34.9 Å². The molecule has 7 nitrogen and oxygen atoms in total. The number of carbonyl (C=O) groups is 2. The SMILES string of the molecule is CNC(=O)C1CCN(C(=O)c2cc(-c3ccccc3OC)on2)CC1. The van der Waals surface area contributed by atoms with Gasteiger partial charge in [-0.1, -0.05) is 17.3 Å². The van der Waals surface area contributed by atoms with Gasteiger partial charge in [-0.15, -0.1) is 0 Å². The van der Waals surface area contributed by atoms with Crippen molar-refractivity contribution in [3.63, 3.8) is 0 Å². The molecular weight excluding hydrogens is 322 g/mol. The highest BCUT2D eigenvalue weighted by Gasteiger charge is 2.28. The van der Waals surface area contributed by atoms with Crippen LogP contribution in [0, 0.1) is 5.92 Å². The monoisotopic (exact) mass is 343 g/mol. The molecule has 1 aromatic carbocycles. The summed E-state index contributed by atoms with van der Waals surface area (Å²) in [6.07, 6.45) is 1.31. The Labute approximate surface area is 145 Å². The number of hydrogen-bond acceptors (Lipinski definition) is 5. The molecule has 1 aliphatic heterocycles. The van der Waals surface area contributed by atoms with Gasteiger partial charge >= 0.3 is 0 Å². The average Bonchev–Trinajstić information content (AvgIpc) is 3.16. The molecule has 0 saturated carbocycles. The lowest BCUT2D eigenvalue weighted by atomic mass is 9.96. The zero-order valence-corrected chi connectivity index (χ0v) is 14.3. The summed E-state index contributed by atoms with van der Waals surface area (Å²) in [6, 6.07) is 9.03. The van der Waals surface area contributed by atoms with Crippen molar-refractivity contribution in [3.8, 4) is 17.1 Å². The average molecular weight is 343 g/mol. The fraction of sp³-hybridized carbons (Fsp3) is 0.389. The molecule has 1 aromatic heterocycles. The number of aromatic nitrogens is 1. The molecule has 3 rings (SSSR count). The standard InChI is InChI=1S/C18H21N3O4/c1-19-17(22)12-7-9-21(10-8-12)18(23)14-11-16(25-20-14)13-5-3-4-6-15(13)24-2/h3-6,11-12H,7-10H2,1-2H3,(H,19,22). The van der Waals surface area contributed by atoms with Gasteiger partial charge in [-0.3, -0.25) is 9.59 Å². The lowest BCUT2D eigenvalue weighted by Crippen LogP contribution is -2.42. The van der Waals surface area contributed by atoms with Crippen molar-refractivity contribution in [3.05, 3.63) is 36.0 Å². The molecule has 0 spiro atoms. The van der Waals surface area contributed by atoms with Crippen molar-refractivity contribution in [1.29, 1.82) is 0 Å². The van der Waals surface area contributed by atoms with Crippen LogP contribution in [0.25, 0.3) is 11.3 Å². The van der Waals surface area contributed by atoms with E-state index in [1.54, 1.807) is 25.1 Å². The maximum absolute atomic E-state index is 12.6. The van der Waals surface area contributed by atoms with E-state index in [1.165, 1.54) is 0 Å². The minimum absolute atomic E-state index is 0.0319. The second-order valence-electron chi connectivity index (χ2n) is 5.96. The summed E-state index contributed by atoms with van der Waals surface area (Å²) in [5.41, 5.74) is 1.01. The van der Waals surface area contributed by atoms with Gasteiger partial charge in [0.2, 0.25) is 5.91 Å². The molecule has 1 N–H and O–H groups in total. The predicted molar refractivity (Wildman–Crippen MR) is 91.2 cm³/mol. The van der Waals surface area contributed by atoms with Crippen LogP contribution >= 0.6 is 0 Å². The Morgan fingerprint density at radius 2 is 2.00 bits per heavy atom. The molecule has 1 fully saturated rings. The lowest BCUT2D eigenvalue weighted by molar-refractivity contribution is -0.125. The summed E-state index contributed by atoms with van der Waals surface area (Å²) in [4.78, 5) is 26.0. The van der Waals surface area contributed by atoms with Gasteiger partial charge < -0.3 is 19.5 Å². The number of amides is 2. The number of piperidine rings is 1. The fourth-order valence-electron chi connectivity index (χ4n) is 3.06. The van der Waals surface area contributed by atoms with E-state index in [1.807, 2.05) is 24.3 Å². The molecule has 132 valence electrons. The zero-order chi connectivity index (χ0) is 17.8. The lowest BCUT2D eigenvalue weighted by Gasteiger charge is -2.30. The minimum atomic E-state index is -0.180. The Bertz CT molecular complexity index is 763. The highest BCUT2D eigenvalue weighted by Crippen LogP contribution is 2.30. The summed E-state index contributed by atoms with van der Waals surface area (Å²) in [5.74, 6) is 0.966. The van der Waals surface area contributed by atoms with Crippen molar-refractivity contribution >= 4 is 11.8 Å². The van der Waals surface area contributed by atoms with Gasteiger partial charge in [0.1, 0.15) is 5.75 Å². The van der Waals surface area contributed by atoms with Gasteiger partial charge in [-0.2, -0.15) is 0 Å². The van der Waals surface area contributed by atoms with E-state index in [9.17, 15) is 9.59 Å². The fourth-order valence-corrected chi connectivity index (χ4v) is 3.06. The van der Waals surface area contributed by atoms with Crippen molar-refractivity contribution in [2.45, 2.75) is 12.8 Å². The molecule has 0 unspecified atom stereocenters. The minimum Gasteiger partial charge on any atom is -0.496 e. The number of para-hydroxylation sites is 1. The van der Waals surface area contributed by atoms with Gasteiger partial charge in [-0.05, 0) is 25.0 Å². The molecule has 0 aliphatic carbocycles. The first-order chi connectivity index (χ1) is 12.1. The molecule has 0 radical (unpaired) electrons. The van der Waals surface area contributed by atoms with Crippen LogP contribution in [0.4, 0.5) is 0 Å². The zero-order valence-electron chi connectivity index (χ0n) is 14.3. The Hall–Kier alpha value is -2.83. The van der Waals surface area contributed by atoms with Gasteiger partial charge in [0.25, 0.3) is 5.91 Å². The molecule has 2 heterocycles. The van der Waals surface area contributed by atoms with Crippen molar-refractivity contribution in [1.82, 2.24) is 15.4 Å². The molecule has 7 heteroatoms. The summed E-state index contributed by atoms with van der Waals surface area (Å²) >= 11 is 0. The van der Waals surface area contributed by atoms with E-state index >= 15 is 0 Å². The first-order valence-corrected chi connectivity index (χ1v) is 8.25. The van der Waals surface area contributed by atoms with Crippen LogP contribution in [0.2, 0.25) is 0 Å². The third-order valence-corrected chi connectivity index (χ3v) is 4.50. The first-order valence-electron chi connectivity index (χ1n) is 8.25. The number of rotatable bonds is 4. The van der Waals surface area contributed by atoms with Crippen LogP contribution in [0.5, 0.6) is 5.75 Å². The molecule has 1 aliphatic rings. The van der Waals surface area contributed by atoms with Crippen molar-refractivity contribution < 1.29 is 18.8 Å². The highest BCUT2D eigenvalue weighted by atomic mass is 16.5. The summed E-state index contributed by atoms with van der Waals surface area (Å²) in [7, 11) is 3.21. The molecule has 0 atom stereocenters. The van der Waals surface area contributed by atoms with Crippen LogP contribution in [-0.4, -0.2) is 49.1 Å². The van der Waals surface area contributed by atoms with Crippen molar-refractivity contribution in [2.24, 2.45) is 5.92 Å². The van der Waals surface area contributed by atoms with E-state index in [2.05, 4.69) is 10.5 Å². The molecule has 2 amide bonds. The van der Waals surface area contributed by atoms with Gasteiger partial charge in [0.15, 0.2) is 11.5 Å². The summed E-state index contributed by atoms with van der Waals surface area (Å²) in [5, 5.41) is 6.57. The van der Waals surface area contributed by atoms with Crippen LogP contribution in [0.1, 0.15) is 23.3 Å². The third-order valence-electron chi connectivity index (χ3n) is 4.50. The number of benzene rings is 1. The number of likely N-dealkylation sites (tertiary alicyclic amines) is 1. The van der Waals surface area contributed by atoms with Gasteiger partial charge in [0.05, 0.1) is 12.7 Å². The smallest absolute Gasteiger partial charge is 0.276 e. The Morgan fingerprint density at radius 3 is 2.68 bits per heavy atom. The number of nitrogens with zero attached hydrogens (tertiary/aromatic N) is 2. The first kappa shape index (κ1) is 17.0. The van der Waals surface area contributed by atoms with E-state index in [0.717, 1.165) is 5.56 Å². The Balaban J connectivity index is 1.70. The topological polar surface area (TPSA) is 84.7 Å². The maximum Gasteiger partial charge on any atom is 0.276 e. The Morgan fingerprint density at radius 1 is 1.28 bits per heavy atom. The number of hydrogen-bond donors (Lipinski definition) is 1. The van der Waals surface area contributed by atoms with Gasteiger partial charge in [-0.25, -0.2) is 0 Å². The van der Waals surface area contributed by atoms with E-state index < -0.39 is 0 Å². The van der Waals surface area contributed by atoms with Crippen LogP contribution in [-0.2, 0) is 4.79 Å². The molecular formula is C18H21N3O4. The number of ether oxygens (including phenoxy) is 1. The van der Waals surface area contributed by atoms with Crippen LogP contribution < -0.4 is 10.1 Å². The number of nitrogens with one attached hydrogen (secondary N) is 1. The van der Waals surface area contributed by atoms with Crippen LogP contribution in [0.3, 0.4) is 0 Å². The maximum atomic E-state index is 12.6. The molecule has 2 aromatic rings. The highest BCUT2D eigenvalue weighted by molar-refractivity contribution is 5.93. The molecule has 1 saturated heterocycles. The summed E-state index contributed by atoms with van der Waals surface area (Å²) in [6.45, 7) is 1.07. The van der Waals surface area contributed by atoms with E-state index in [-0.39, 0.29) is 23.4 Å². The second-order valence-corrected chi connectivity index (χ2v) is 5.96. The van der Waals surface area contributed by atoms with Crippen molar-refractivity contribution in [2.75, 3.05) is 27.2 Å². The Kier molecular flexibility index (Phi) is 5.02. The number of methoxy groups -OCH3 is 1. The van der Waals surface area contributed by atoms with E-state index in [4.69, 9.17) is 9.26 Å². The quantitative estimate of drug-likeness (QED) is 0.917. The summed E-state index contributed by atoms with van der Waals surface area (Å²) < 4.78 is 10.6. The molecule has 0 bridgehead atoms. The largest absolute Gasteiger partial charge is 0.496 e. The second kappa shape index (κ2) is 7.38. The third kappa shape index (κ3) is 3.50. The number of carbonyl (C=O) groups excluding carboxylic acids is 2.